The topological polar surface area (TPSA) is 66.8 Å². The Labute approximate surface area is 108 Å². The third-order valence-corrected chi connectivity index (χ3v) is 3.28. The molecule has 18 heavy (non-hydrogen) atoms. The number of likely N-dealkylation sites (tertiary alicyclic amines) is 1. The second-order valence-corrected chi connectivity index (χ2v) is 4.79. The number of carbonyl (C=O) groups excluding carboxylic acids is 1. The Morgan fingerprint density at radius 2 is 2.22 bits per heavy atom. The summed E-state index contributed by atoms with van der Waals surface area (Å²) in [5.74, 6) is -0.922. The van der Waals surface area contributed by atoms with Crippen LogP contribution in [0, 0.1) is 0 Å². The number of carbonyl (C=O) groups is 2. The molecule has 5 heteroatoms. The van der Waals surface area contributed by atoms with Crippen molar-refractivity contribution in [2.75, 3.05) is 13.2 Å². The number of carboxylic acid groups (broad SMARTS) is 1. The molecule has 1 aliphatic heterocycles. The van der Waals surface area contributed by atoms with Gasteiger partial charge in [-0.1, -0.05) is 13.3 Å². The zero-order chi connectivity index (χ0) is 13.5. The fourth-order valence-electron chi connectivity index (χ4n) is 2.25. The molecule has 1 N–H and O–H groups in total. The van der Waals surface area contributed by atoms with Gasteiger partial charge in [0.05, 0.1) is 6.42 Å². The summed E-state index contributed by atoms with van der Waals surface area (Å²) in [7, 11) is 0. The Morgan fingerprint density at radius 3 is 2.83 bits per heavy atom. The van der Waals surface area contributed by atoms with Gasteiger partial charge < -0.3 is 14.7 Å². The first kappa shape index (κ1) is 15.0. The van der Waals surface area contributed by atoms with Crippen LogP contribution in [-0.4, -0.2) is 47.2 Å². The summed E-state index contributed by atoms with van der Waals surface area (Å²) < 4.78 is 5.47. The average molecular weight is 257 g/mol. The Kier molecular flexibility index (Phi) is 6.12. The molecule has 0 aromatic carbocycles. The summed E-state index contributed by atoms with van der Waals surface area (Å²) in [6.45, 7) is 5.05. The van der Waals surface area contributed by atoms with E-state index in [1.807, 2.05) is 0 Å². The van der Waals surface area contributed by atoms with E-state index < -0.39 is 12.1 Å². The standard InChI is InChI=1S/C13H23NO4/c1-3-4-8-18-10(2)13(17)14-7-5-6-11(14)9-12(15)16/h10-11H,3-9H2,1-2H3,(H,15,16). The molecule has 1 heterocycles. The van der Waals surface area contributed by atoms with Crippen molar-refractivity contribution in [2.45, 2.75) is 58.1 Å². The number of aliphatic carboxylic acids is 1. The summed E-state index contributed by atoms with van der Waals surface area (Å²) >= 11 is 0. The highest BCUT2D eigenvalue weighted by atomic mass is 16.5. The van der Waals surface area contributed by atoms with E-state index in [-0.39, 0.29) is 18.4 Å². The molecule has 1 fully saturated rings. The number of amides is 1. The third kappa shape index (κ3) is 4.29. The van der Waals surface area contributed by atoms with Gasteiger partial charge in [0.2, 0.25) is 0 Å². The smallest absolute Gasteiger partial charge is 0.305 e. The first-order valence-corrected chi connectivity index (χ1v) is 6.70. The fourth-order valence-corrected chi connectivity index (χ4v) is 2.25. The lowest BCUT2D eigenvalue weighted by Gasteiger charge is -2.26. The summed E-state index contributed by atoms with van der Waals surface area (Å²) in [5.41, 5.74) is 0. The van der Waals surface area contributed by atoms with Crippen LogP contribution in [0.15, 0.2) is 0 Å². The number of rotatable bonds is 7. The predicted octanol–water partition coefficient (Wildman–Crippen LogP) is 1.66. The highest BCUT2D eigenvalue weighted by Gasteiger charge is 2.32. The third-order valence-electron chi connectivity index (χ3n) is 3.28. The minimum Gasteiger partial charge on any atom is -0.481 e. The van der Waals surface area contributed by atoms with Gasteiger partial charge >= 0.3 is 5.97 Å². The fraction of sp³-hybridized carbons (Fsp3) is 0.846. The Hall–Kier alpha value is -1.10. The minimum atomic E-state index is -0.848. The van der Waals surface area contributed by atoms with Crippen molar-refractivity contribution in [3.8, 4) is 0 Å². The van der Waals surface area contributed by atoms with Crippen molar-refractivity contribution < 1.29 is 19.4 Å². The van der Waals surface area contributed by atoms with Crippen LogP contribution < -0.4 is 0 Å². The number of carboxylic acids is 1. The van der Waals surface area contributed by atoms with Gasteiger partial charge in [-0.15, -0.1) is 0 Å². The van der Waals surface area contributed by atoms with Crippen LogP contribution in [0.25, 0.3) is 0 Å². The predicted molar refractivity (Wildman–Crippen MR) is 67.3 cm³/mol. The van der Waals surface area contributed by atoms with E-state index in [4.69, 9.17) is 9.84 Å². The van der Waals surface area contributed by atoms with E-state index in [1.54, 1.807) is 11.8 Å². The molecular formula is C13H23NO4. The number of hydrogen-bond donors (Lipinski definition) is 1. The molecule has 1 aliphatic rings. The molecule has 2 atom stereocenters. The number of hydrogen-bond acceptors (Lipinski definition) is 3. The molecule has 0 aromatic rings. The van der Waals surface area contributed by atoms with E-state index in [0.717, 1.165) is 25.7 Å². The van der Waals surface area contributed by atoms with E-state index >= 15 is 0 Å². The molecule has 2 unspecified atom stereocenters. The lowest BCUT2D eigenvalue weighted by atomic mass is 10.1. The van der Waals surface area contributed by atoms with Crippen molar-refractivity contribution >= 4 is 11.9 Å². The highest BCUT2D eigenvalue weighted by molar-refractivity contribution is 5.81. The maximum Gasteiger partial charge on any atom is 0.305 e. The molecule has 0 bridgehead atoms. The lowest BCUT2D eigenvalue weighted by Crippen LogP contribution is -2.43. The number of ether oxygens (including phenoxy) is 1. The summed E-state index contributed by atoms with van der Waals surface area (Å²) in [5, 5.41) is 8.82. The average Bonchev–Trinajstić information content (AvgIpc) is 2.75. The van der Waals surface area contributed by atoms with Crippen molar-refractivity contribution in [3.05, 3.63) is 0 Å². The highest BCUT2D eigenvalue weighted by Crippen LogP contribution is 2.21. The first-order chi connectivity index (χ1) is 8.56. The van der Waals surface area contributed by atoms with Crippen molar-refractivity contribution in [1.82, 2.24) is 4.90 Å². The zero-order valence-corrected chi connectivity index (χ0v) is 11.2. The molecular weight excluding hydrogens is 234 g/mol. The van der Waals surface area contributed by atoms with Gasteiger partial charge in [-0.2, -0.15) is 0 Å². The molecule has 5 nitrogen and oxygen atoms in total. The van der Waals surface area contributed by atoms with Crippen LogP contribution in [0.2, 0.25) is 0 Å². The van der Waals surface area contributed by atoms with Crippen LogP contribution in [0.3, 0.4) is 0 Å². The Balaban J connectivity index is 2.45. The van der Waals surface area contributed by atoms with E-state index in [1.165, 1.54) is 0 Å². The van der Waals surface area contributed by atoms with Gasteiger partial charge in [-0.05, 0) is 26.2 Å². The van der Waals surface area contributed by atoms with E-state index in [0.29, 0.717) is 13.2 Å². The zero-order valence-electron chi connectivity index (χ0n) is 11.2. The monoisotopic (exact) mass is 257 g/mol. The largest absolute Gasteiger partial charge is 0.481 e. The Bertz CT molecular complexity index is 293. The molecule has 0 saturated carbocycles. The van der Waals surface area contributed by atoms with E-state index in [2.05, 4.69) is 6.92 Å². The van der Waals surface area contributed by atoms with Gasteiger partial charge in [-0.25, -0.2) is 0 Å². The number of nitrogens with zero attached hydrogens (tertiary/aromatic N) is 1. The van der Waals surface area contributed by atoms with Gasteiger partial charge in [0.25, 0.3) is 5.91 Å². The van der Waals surface area contributed by atoms with Gasteiger partial charge in [0.15, 0.2) is 0 Å². The molecule has 0 spiro atoms. The van der Waals surface area contributed by atoms with E-state index in [9.17, 15) is 9.59 Å². The lowest BCUT2D eigenvalue weighted by molar-refractivity contribution is -0.145. The van der Waals surface area contributed by atoms with Gasteiger partial charge in [-0.3, -0.25) is 9.59 Å². The normalized spacial score (nSPS) is 21.0. The molecule has 0 radical (unpaired) electrons. The van der Waals surface area contributed by atoms with Crippen LogP contribution in [0.5, 0.6) is 0 Å². The molecule has 1 saturated heterocycles. The van der Waals surface area contributed by atoms with Crippen LogP contribution >= 0.6 is 0 Å². The van der Waals surface area contributed by atoms with Crippen molar-refractivity contribution in [2.24, 2.45) is 0 Å². The second-order valence-electron chi connectivity index (χ2n) is 4.79. The van der Waals surface area contributed by atoms with Crippen molar-refractivity contribution in [1.29, 1.82) is 0 Å². The first-order valence-electron chi connectivity index (χ1n) is 6.70. The molecule has 0 aliphatic carbocycles. The van der Waals surface area contributed by atoms with Crippen molar-refractivity contribution in [3.63, 3.8) is 0 Å². The quantitative estimate of drug-likeness (QED) is 0.704. The van der Waals surface area contributed by atoms with Gasteiger partial charge in [0, 0.05) is 19.2 Å². The van der Waals surface area contributed by atoms with Gasteiger partial charge in [0.1, 0.15) is 6.10 Å². The molecule has 0 aromatic heterocycles. The van der Waals surface area contributed by atoms with Crippen LogP contribution in [-0.2, 0) is 14.3 Å². The van der Waals surface area contributed by atoms with Crippen LogP contribution in [0.4, 0.5) is 0 Å². The maximum absolute atomic E-state index is 12.1. The molecule has 1 amide bonds. The van der Waals surface area contributed by atoms with Crippen LogP contribution in [0.1, 0.15) is 46.0 Å². The summed E-state index contributed by atoms with van der Waals surface area (Å²) in [6, 6.07) is -0.160. The summed E-state index contributed by atoms with van der Waals surface area (Å²) in [4.78, 5) is 24.5. The maximum atomic E-state index is 12.1. The SMILES string of the molecule is CCCCOC(C)C(=O)N1CCCC1CC(=O)O. The Morgan fingerprint density at radius 1 is 1.50 bits per heavy atom. The number of unbranched alkanes of at least 4 members (excludes halogenated alkanes) is 1. The minimum absolute atomic E-state index is 0.0351. The second kappa shape index (κ2) is 7.36. The molecule has 1 rings (SSSR count). The molecule has 104 valence electrons. The summed E-state index contributed by atoms with van der Waals surface area (Å²) in [6.07, 6.45) is 3.20.